The first-order chi connectivity index (χ1) is 5.31. The summed E-state index contributed by atoms with van der Waals surface area (Å²) >= 11 is 0. The molecule has 0 N–H and O–H groups in total. The molecule has 0 radical (unpaired) electrons. The Morgan fingerprint density at radius 3 is 2.08 bits per heavy atom. The van der Waals surface area contributed by atoms with Gasteiger partial charge in [0.2, 0.25) is 0 Å². The second-order valence-electron chi connectivity index (χ2n) is 4.64. The number of allylic oxidation sites excluding steroid dienone is 1. The van der Waals surface area contributed by atoms with Crippen LogP contribution in [0.15, 0.2) is 12.2 Å². The van der Waals surface area contributed by atoms with Crippen LogP contribution >= 0.6 is 0 Å². The third-order valence-electron chi connectivity index (χ3n) is 2.58. The van der Waals surface area contributed by atoms with Crippen LogP contribution in [0.3, 0.4) is 0 Å². The van der Waals surface area contributed by atoms with Crippen LogP contribution in [0.4, 0.5) is 0 Å². The van der Waals surface area contributed by atoms with Gasteiger partial charge in [0, 0.05) is 0 Å². The highest BCUT2D eigenvalue weighted by Crippen LogP contribution is 2.36. The molecule has 2 heteroatoms. The zero-order chi connectivity index (χ0) is 9.83. The van der Waals surface area contributed by atoms with Gasteiger partial charge in [-0.25, -0.2) is 0 Å². The minimum atomic E-state index is -1.49. The SMILES string of the molecule is C/C=C\CO[Si](C)(C)C(C)(C)C. The minimum absolute atomic E-state index is 0.328. The monoisotopic (exact) mass is 186 g/mol. The quantitative estimate of drug-likeness (QED) is 0.483. The molecule has 0 heterocycles. The molecule has 0 saturated carbocycles. The normalized spacial score (nSPS) is 14.2. The topological polar surface area (TPSA) is 9.23 Å². The molecule has 0 aromatic carbocycles. The lowest BCUT2D eigenvalue weighted by atomic mass is 10.2. The van der Waals surface area contributed by atoms with Crippen LogP contribution < -0.4 is 0 Å². The van der Waals surface area contributed by atoms with Crippen molar-refractivity contribution < 1.29 is 4.43 Å². The Labute approximate surface area is 78.0 Å². The van der Waals surface area contributed by atoms with Crippen LogP contribution in [-0.2, 0) is 4.43 Å². The molecule has 0 rings (SSSR count). The molecule has 0 fully saturated rings. The van der Waals surface area contributed by atoms with Crippen molar-refractivity contribution in [3.05, 3.63) is 12.2 Å². The summed E-state index contributed by atoms with van der Waals surface area (Å²) in [5.41, 5.74) is 0. The average Bonchev–Trinajstić information content (AvgIpc) is 1.85. The lowest BCUT2D eigenvalue weighted by Crippen LogP contribution is -2.40. The van der Waals surface area contributed by atoms with E-state index in [1.165, 1.54) is 0 Å². The van der Waals surface area contributed by atoms with Crippen molar-refractivity contribution in [1.29, 1.82) is 0 Å². The van der Waals surface area contributed by atoms with Crippen LogP contribution in [0.1, 0.15) is 27.7 Å². The molecule has 0 aliphatic carbocycles. The molecule has 72 valence electrons. The van der Waals surface area contributed by atoms with Crippen molar-refractivity contribution in [3.8, 4) is 0 Å². The second-order valence-corrected chi connectivity index (χ2v) is 9.45. The lowest BCUT2D eigenvalue weighted by Gasteiger charge is -2.35. The van der Waals surface area contributed by atoms with Crippen molar-refractivity contribution in [1.82, 2.24) is 0 Å². The zero-order valence-corrected chi connectivity index (χ0v) is 10.3. The van der Waals surface area contributed by atoms with Gasteiger partial charge in [-0.3, -0.25) is 0 Å². The molecule has 0 spiro atoms. The van der Waals surface area contributed by atoms with Crippen molar-refractivity contribution >= 4 is 8.32 Å². The summed E-state index contributed by atoms with van der Waals surface area (Å²) in [6, 6.07) is 0. The second kappa shape index (κ2) is 4.24. The largest absolute Gasteiger partial charge is 0.413 e. The summed E-state index contributed by atoms with van der Waals surface area (Å²) in [6.07, 6.45) is 4.10. The third-order valence-corrected chi connectivity index (χ3v) is 7.08. The Kier molecular flexibility index (Phi) is 4.21. The standard InChI is InChI=1S/C10H22OSi/c1-7-8-9-11-12(5,6)10(2,3)4/h7-8H,9H2,1-6H3/b8-7-. The van der Waals surface area contributed by atoms with E-state index in [4.69, 9.17) is 4.43 Å². The van der Waals surface area contributed by atoms with Gasteiger partial charge < -0.3 is 4.43 Å². The molecule has 0 atom stereocenters. The highest BCUT2D eigenvalue weighted by Gasteiger charge is 2.36. The molecule has 0 aromatic heterocycles. The molecule has 0 aromatic rings. The first-order valence-electron chi connectivity index (χ1n) is 4.56. The van der Waals surface area contributed by atoms with E-state index in [1.54, 1.807) is 0 Å². The Morgan fingerprint density at radius 2 is 1.75 bits per heavy atom. The molecule has 0 bridgehead atoms. The van der Waals surface area contributed by atoms with Crippen LogP contribution in [-0.4, -0.2) is 14.9 Å². The smallest absolute Gasteiger partial charge is 0.192 e. The fourth-order valence-electron chi connectivity index (χ4n) is 0.569. The summed E-state index contributed by atoms with van der Waals surface area (Å²) in [5.74, 6) is 0. The maximum absolute atomic E-state index is 5.89. The van der Waals surface area contributed by atoms with E-state index >= 15 is 0 Å². The van der Waals surface area contributed by atoms with Crippen molar-refractivity contribution in [2.45, 2.75) is 45.8 Å². The highest BCUT2D eigenvalue weighted by atomic mass is 28.4. The molecular weight excluding hydrogens is 164 g/mol. The Balaban J connectivity index is 4.05. The van der Waals surface area contributed by atoms with Gasteiger partial charge in [-0.15, -0.1) is 0 Å². The zero-order valence-electron chi connectivity index (χ0n) is 9.27. The van der Waals surface area contributed by atoms with Gasteiger partial charge in [0.25, 0.3) is 0 Å². The van der Waals surface area contributed by atoms with E-state index in [2.05, 4.69) is 39.9 Å². The molecule has 12 heavy (non-hydrogen) atoms. The first kappa shape index (κ1) is 11.9. The maximum Gasteiger partial charge on any atom is 0.192 e. The van der Waals surface area contributed by atoms with Gasteiger partial charge in [0.15, 0.2) is 8.32 Å². The summed E-state index contributed by atoms with van der Waals surface area (Å²) < 4.78 is 5.89. The predicted octanol–water partition coefficient (Wildman–Crippen LogP) is 3.58. The van der Waals surface area contributed by atoms with Crippen molar-refractivity contribution in [2.24, 2.45) is 0 Å². The van der Waals surface area contributed by atoms with Gasteiger partial charge in [0.1, 0.15) is 0 Å². The molecular formula is C10H22OSi. The molecule has 0 aliphatic rings. The molecule has 0 unspecified atom stereocenters. The van der Waals surface area contributed by atoms with Crippen LogP contribution in [0.25, 0.3) is 0 Å². The van der Waals surface area contributed by atoms with Gasteiger partial charge >= 0.3 is 0 Å². The van der Waals surface area contributed by atoms with Gasteiger partial charge in [0.05, 0.1) is 6.61 Å². The van der Waals surface area contributed by atoms with Crippen LogP contribution in [0.5, 0.6) is 0 Å². The van der Waals surface area contributed by atoms with Crippen molar-refractivity contribution in [2.75, 3.05) is 6.61 Å². The highest BCUT2D eigenvalue weighted by molar-refractivity contribution is 6.74. The predicted molar refractivity (Wildman–Crippen MR) is 58.0 cm³/mol. The number of hydrogen-bond acceptors (Lipinski definition) is 1. The lowest BCUT2D eigenvalue weighted by molar-refractivity contribution is 0.328. The van der Waals surface area contributed by atoms with Crippen LogP contribution in [0.2, 0.25) is 18.1 Å². The van der Waals surface area contributed by atoms with E-state index in [0.29, 0.717) is 5.04 Å². The van der Waals surface area contributed by atoms with E-state index in [1.807, 2.05) is 13.0 Å². The van der Waals surface area contributed by atoms with Gasteiger partial charge in [-0.1, -0.05) is 32.9 Å². The maximum atomic E-state index is 5.89. The fraction of sp³-hybridized carbons (Fsp3) is 0.800. The Bertz CT molecular complexity index is 154. The summed E-state index contributed by atoms with van der Waals surface area (Å²) in [7, 11) is -1.49. The Hall–Kier alpha value is -0.0831. The van der Waals surface area contributed by atoms with E-state index in [9.17, 15) is 0 Å². The molecule has 0 amide bonds. The number of hydrogen-bond donors (Lipinski definition) is 0. The summed E-state index contributed by atoms with van der Waals surface area (Å²) in [6.45, 7) is 14.1. The minimum Gasteiger partial charge on any atom is -0.413 e. The van der Waals surface area contributed by atoms with Gasteiger partial charge in [-0.05, 0) is 25.1 Å². The third kappa shape index (κ3) is 3.54. The molecule has 0 aliphatic heterocycles. The first-order valence-corrected chi connectivity index (χ1v) is 7.47. The fourth-order valence-corrected chi connectivity index (χ4v) is 1.52. The molecule has 0 saturated heterocycles. The molecule has 1 nitrogen and oxygen atoms in total. The van der Waals surface area contributed by atoms with E-state index in [-0.39, 0.29) is 0 Å². The Morgan fingerprint density at radius 1 is 1.25 bits per heavy atom. The van der Waals surface area contributed by atoms with Gasteiger partial charge in [-0.2, -0.15) is 0 Å². The average molecular weight is 186 g/mol. The van der Waals surface area contributed by atoms with Crippen LogP contribution in [0, 0.1) is 0 Å². The van der Waals surface area contributed by atoms with E-state index in [0.717, 1.165) is 6.61 Å². The number of rotatable bonds is 3. The summed E-state index contributed by atoms with van der Waals surface area (Å²) in [4.78, 5) is 0. The van der Waals surface area contributed by atoms with Crippen molar-refractivity contribution in [3.63, 3.8) is 0 Å². The van der Waals surface area contributed by atoms with E-state index < -0.39 is 8.32 Å². The summed E-state index contributed by atoms with van der Waals surface area (Å²) in [5, 5.41) is 0.328.